The van der Waals surface area contributed by atoms with E-state index >= 15 is 0 Å². The molecule has 0 amide bonds. The summed E-state index contributed by atoms with van der Waals surface area (Å²) < 4.78 is 10.7. The quantitative estimate of drug-likeness (QED) is 0.847. The zero-order valence-electron chi connectivity index (χ0n) is 11.0. The lowest BCUT2D eigenvalue weighted by Gasteiger charge is -2.23. The lowest BCUT2D eigenvalue weighted by atomic mass is 9.94. The number of hydrogen-bond acceptors (Lipinski definition) is 4. The minimum Gasteiger partial charge on any atom is -0.391 e. The van der Waals surface area contributed by atoms with Crippen molar-refractivity contribution in [2.45, 2.75) is 25.6 Å². The molecule has 0 saturated carbocycles. The average molecular weight is 264 g/mol. The van der Waals surface area contributed by atoms with E-state index in [1.165, 1.54) is 0 Å². The second-order valence-corrected chi connectivity index (χ2v) is 4.88. The van der Waals surface area contributed by atoms with Gasteiger partial charge in [-0.3, -0.25) is 4.79 Å². The molecule has 4 nitrogen and oxygen atoms in total. The number of aliphatic hydroxyl groups excluding tert-OH is 1. The van der Waals surface area contributed by atoms with Crippen molar-refractivity contribution in [3.63, 3.8) is 0 Å². The van der Waals surface area contributed by atoms with Crippen molar-refractivity contribution in [2.24, 2.45) is 5.92 Å². The summed E-state index contributed by atoms with van der Waals surface area (Å²) in [6.45, 7) is 1.66. The SMILES string of the molecule is O=C1CCOCC1CC(O)COCc1ccccc1. The van der Waals surface area contributed by atoms with Gasteiger partial charge < -0.3 is 14.6 Å². The van der Waals surface area contributed by atoms with Gasteiger partial charge in [-0.2, -0.15) is 0 Å². The summed E-state index contributed by atoms with van der Waals surface area (Å²) in [5.41, 5.74) is 1.08. The summed E-state index contributed by atoms with van der Waals surface area (Å²) in [4.78, 5) is 11.6. The van der Waals surface area contributed by atoms with E-state index < -0.39 is 6.10 Å². The van der Waals surface area contributed by atoms with Crippen LogP contribution in [0.3, 0.4) is 0 Å². The number of hydrogen-bond donors (Lipinski definition) is 1. The van der Waals surface area contributed by atoms with Crippen molar-refractivity contribution in [3.05, 3.63) is 35.9 Å². The Balaban J connectivity index is 1.67. The van der Waals surface area contributed by atoms with Crippen LogP contribution < -0.4 is 0 Å². The largest absolute Gasteiger partial charge is 0.391 e. The molecule has 2 atom stereocenters. The molecular formula is C15H20O4. The first-order valence-corrected chi connectivity index (χ1v) is 6.66. The van der Waals surface area contributed by atoms with Crippen molar-refractivity contribution in [2.75, 3.05) is 19.8 Å². The lowest BCUT2D eigenvalue weighted by Crippen LogP contribution is -2.32. The van der Waals surface area contributed by atoms with Crippen LogP contribution in [-0.2, 0) is 20.9 Å². The van der Waals surface area contributed by atoms with Gasteiger partial charge in [-0.1, -0.05) is 30.3 Å². The molecule has 104 valence electrons. The summed E-state index contributed by atoms with van der Waals surface area (Å²) in [6.07, 6.45) is 0.273. The molecular weight excluding hydrogens is 244 g/mol. The van der Waals surface area contributed by atoms with Gasteiger partial charge in [-0.15, -0.1) is 0 Å². The fraction of sp³-hybridized carbons (Fsp3) is 0.533. The van der Waals surface area contributed by atoms with Crippen molar-refractivity contribution < 1.29 is 19.4 Å². The minimum atomic E-state index is -0.612. The van der Waals surface area contributed by atoms with Crippen LogP contribution in [0.15, 0.2) is 30.3 Å². The summed E-state index contributed by atoms with van der Waals surface area (Å²) in [6, 6.07) is 9.81. The molecule has 4 heteroatoms. The number of carbonyl (C=O) groups is 1. The molecule has 1 aliphatic rings. The molecule has 1 aromatic rings. The van der Waals surface area contributed by atoms with Gasteiger partial charge in [0.05, 0.1) is 32.5 Å². The smallest absolute Gasteiger partial charge is 0.140 e. The maximum absolute atomic E-state index is 11.6. The van der Waals surface area contributed by atoms with Gasteiger partial charge in [0.15, 0.2) is 0 Å². The van der Waals surface area contributed by atoms with Crippen LogP contribution in [0.1, 0.15) is 18.4 Å². The number of aliphatic hydroxyl groups is 1. The van der Waals surface area contributed by atoms with E-state index in [1.54, 1.807) is 0 Å². The Bertz CT molecular complexity index is 390. The van der Waals surface area contributed by atoms with E-state index in [1.807, 2.05) is 30.3 Å². The van der Waals surface area contributed by atoms with Gasteiger partial charge >= 0.3 is 0 Å². The first kappa shape index (κ1) is 14.2. The number of Topliss-reactive ketones (excluding diaryl/α,β-unsaturated/α-hetero) is 1. The molecule has 19 heavy (non-hydrogen) atoms. The maximum Gasteiger partial charge on any atom is 0.140 e. The van der Waals surface area contributed by atoms with Crippen molar-refractivity contribution in [3.8, 4) is 0 Å². The Hall–Kier alpha value is -1.23. The molecule has 0 bridgehead atoms. The molecule has 0 radical (unpaired) electrons. The Morgan fingerprint density at radius 3 is 2.89 bits per heavy atom. The lowest BCUT2D eigenvalue weighted by molar-refractivity contribution is -0.132. The van der Waals surface area contributed by atoms with E-state index in [-0.39, 0.29) is 18.3 Å². The summed E-state index contributed by atoms with van der Waals surface area (Å²) >= 11 is 0. The molecule has 1 N–H and O–H groups in total. The highest BCUT2D eigenvalue weighted by Crippen LogP contribution is 2.16. The van der Waals surface area contributed by atoms with Gasteiger partial charge in [-0.05, 0) is 12.0 Å². The molecule has 0 aliphatic carbocycles. The number of benzene rings is 1. The van der Waals surface area contributed by atoms with Gasteiger partial charge in [0.1, 0.15) is 5.78 Å². The summed E-state index contributed by atoms with van der Waals surface area (Å²) in [5.74, 6) is 0.0115. The monoisotopic (exact) mass is 264 g/mol. The Morgan fingerprint density at radius 2 is 2.16 bits per heavy atom. The van der Waals surface area contributed by atoms with Gasteiger partial charge in [-0.25, -0.2) is 0 Å². The van der Waals surface area contributed by atoms with Crippen LogP contribution in [0.4, 0.5) is 0 Å². The second-order valence-electron chi connectivity index (χ2n) is 4.88. The van der Waals surface area contributed by atoms with Crippen LogP contribution in [0, 0.1) is 5.92 Å². The summed E-state index contributed by atoms with van der Waals surface area (Å²) in [5, 5.41) is 9.86. The van der Waals surface area contributed by atoms with Crippen LogP contribution in [-0.4, -0.2) is 36.8 Å². The van der Waals surface area contributed by atoms with E-state index in [2.05, 4.69) is 0 Å². The predicted molar refractivity (Wildman–Crippen MR) is 70.7 cm³/mol. The standard InChI is InChI=1S/C15H20O4/c16-14(8-13-10-18-7-6-15(13)17)11-19-9-12-4-2-1-3-5-12/h1-5,13-14,16H,6-11H2. The third kappa shape index (κ3) is 4.74. The second kappa shape index (κ2) is 7.38. The fourth-order valence-corrected chi connectivity index (χ4v) is 2.18. The maximum atomic E-state index is 11.6. The molecule has 0 spiro atoms. The van der Waals surface area contributed by atoms with Crippen molar-refractivity contribution in [1.82, 2.24) is 0 Å². The number of ketones is 1. The van der Waals surface area contributed by atoms with E-state index in [0.29, 0.717) is 32.7 Å². The van der Waals surface area contributed by atoms with Crippen molar-refractivity contribution >= 4 is 5.78 Å². The van der Waals surface area contributed by atoms with Crippen LogP contribution in [0.5, 0.6) is 0 Å². The zero-order chi connectivity index (χ0) is 13.5. The van der Waals surface area contributed by atoms with Crippen LogP contribution in [0.25, 0.3) is 0 Å². The Labute approximate surface area is 113 Å². The van der Waals surface area contributed by atoms with Crippen molar-refractivity contribution in [1.29, 1.82) is 0 Å². The normalized spacial score (nSPS) is 21.3. The van der Waals surface area contributed by atoms with Gasteiger partial charge in [0.25, 0.3) is 0 Å². The van der Waals surface area contributed by atoms with Gasteiger partial charge in [0, 0.05) is 12.3 Å². The fourth-order valence-electron chi connectivity index (χ4n) is 2.18. The molecule has 1 saturated heterocycles. The van der Waals surface area contributed by atoms with Gasteiger partial charge in [0.2, 0.25) is 0 Å². The minimum absolute atomic E-state index is 0.177. The molecule has 1 fully saturated rings. The Morgan fingerprint density at radius 1 is 1.37 bits per heavy atom. The van der Waals surface area contributed by atoms with Crippen LogP contribution in [0.2, 0.25) is 0 Å². The zero-order valence-corrected chi connectivity index (χ0v) is 11.0. The Kier molecular flexibility index (Phi) is 5.51. The highest BCUT2D eigenvalue weighted by molar-refractivity contribution is 5.81. The molecule has 0 aromatic heterocycles. The molecule has 1 heterocycles. The predicted octanol–water partition coefficient (Wildman–Crippen LogP) is 1.56. The number of carbonyl (C=O) groups excluding carboxylic acids is 1. The number of rotatable bonds is 6. The number of ether oxygens (including phenoxy) is 2. The average Bonchev–Trinajstić information content (AvgIpc) is 2.43. The molecule has 2 unspecified atom stereocenters. The third-order valence-corrected chi connectivity index (χ3v) is 3.25. The first-order chi connectivity index (χ1) is 9.25. The van der Waals surface area contributed by atoms with E-state index in [9.17, 15) is 9.90 Å². The molecule has 1 aliphatic heterocycles. The van der Waals surface area contributed by atoms with E-state index in [4.69, 9.17) is 9.47 Å². The van der Waals surface area contributed by atoms with E-state index in [0.717, 1.165) is 5.56 Å². The third-order valence-electron chi connectivity index (χ3n) is 3.25. The highest BCUT2D eigenvalue weighted by Gasteiger charge is 2.25. The summed E-state index contributed by atoms with van der Waals surface area (Å²) in [7, 11) is 0. The molecule has 1 aromatic carbocycles. The first-order valence-electron chi connectivity index (χ1n) is 6.66. The molecule has 2 rings (SSSR count). The topological polar surface area (TPSA) is 55.8 Å². The highest BCUT2D eigenvalue weighted by atomic mass is 16.5. The van der Waals surface area contributed by atoms with Crippen LogP contribution >= 0.6 is 0 Å².